The van der Waals surface area contributed by atoms with Gasteiger partial charge in [-0.1, -0.05) is 38.0 Å². The molecule has 1 aromatic heterocycles. The molecule has 16 heavy (non-hydrogen) atoms. The van der Waals surface area contributed by atoms with Gasteiger partial charge in [0.25, 0.3) is 0 Å². The Morgan fingerprint density at radius 3 is 2.69 bits per heavy atom. The lowest BCUT2D eigenvalue weighted by Gasteiger charge is -1.99. The van der Waals surface area contributed by atoms with Crippen molar-refractivity contribution < 1.29 is 9.57 Å². The molecular formula is C14H18NO+. The molecule has 0 saturated carbocycles. The molecule has 1 heterocycles. The third-order valence-electron chi connectivity index (χ3n) is 2.65. The standard InChI is InChI=1S/C14H18NO/c1-2-3-6-11-16-15-10-9-13-7-4-5-8-14(13)12-15/h4-5,7-10,12H,2-3,6,11H2,1H3/q+1. The fourth-order valence-electron chi connectivity index (χ4n) is 1.72. The number of rotatable bonds is 5. The van der Waals surface area contributed by atoms with Gasteiger partial charge < -0.3 is 0 Å². The summed E-state index contributed by atoms with van der Waals surface area (Å²) in [5.41, 5.74) is 0. The van der Waals surface area contributed by atoms with Crippen molar-refractivity contribution in [1.82, 2.24) is 0 Å². The Kier molecular flexibility index (Phi) is 3.76. The van der Waals surface area contributed by atoms with Gasteiger partial charge in [-0.25, -0.2) is 0 Å². The van der Waals surface area contributed by atoms with Crippen molar-refractivity contribution in [3.8, 4) is 0 Å². The quantitative estimate of drug-likeness (QED) is 0.553. The lowest BCUT2D eigenvalue weighted by molar-refractivity contribution is -0.890. The number of aromatic nitrogens is 1. The molecule has 0 fully saturated rings. The SMILES string of the molecule is CCCCCO[n+]1ccc2ccccc2c1. The minimum absolute atomic E-state index is 0.789. The summed E-state index contributed by atoms with van der Waals surface area (Å²) in [6.45, 7) is 2.99. The number of nitrogens with zero attached hydrogens (tertiary/aromatic N) is 1. The van der Waals surface area contributed by atoms with Gasteiger partial charge in [0, 0.05) is 10.8 Å². The van der Waals surface area contributed by atoms with E-state index in [0.29, 0.717) is 0 Å². The van der Waals surface area contributed by atoms with Crippen LogP contribution in [0.3, 0.4) is 0 Å². The maximum absolute atomic E-state index is 5.63. The molecule has 2 aromatic rings. The highest BCUT2D eigenvalue weighted by molar-refractivity contribution is 5.80. The molecule has 0 aliphatic carbocycles. The molecule has 2 heteroatoms. The zero-order chi connectivity index (χ0) is 11.2. The highest BCUT2D eigenvalue weighted by Crippen LogP contribution is 2.09. The van der Waals surface area contributed by atoms with E-state index in [0.717, 1.165) is 13.0 Å². The van der Waals surface area contributed by atoms with Gasteiger partial charge in [-0.3, -0.25) is 4.84 Å². The minimum Gasteiger partial charge on any atom is -0.271 e. The summed E-state index contributed by atoms with van der Waals surface area (Å²) < 4.78 is 1.80. The summed E-state index contributed by atoms with van der Waals surface area (Å²) in [6, 6.07) is 10.4. The lowest BCUT2D eigenvalue weighted by atomic mass is 10.2. The predicted octanol–water partition coefficient (Wildman–Crippen LogP) is 2.75. The van der Waals surface area contributed by atoms with E-state index in [2.05, 4.69) is 31.2 Å². The number of hydrogen-bond acceptors (Lipinski definition) is 1. The fourth-order valence-corrected chi connectivity index (χ4v) is 1.72. The molecule has 84 valence electrons. The van der Waals surface area contributed by atoms with E-state index in [1.807, 2.05) is 18.5 Å². The van der Waals surface area contributed by atoms with Gasteiger partial charge in [0.15, 0.2) is 6.61 Å². The molecule has 0 aliphatic rings. The van der Waals surface area contributed by atoms with E-state index in [4.69, 9.17) is 4.84 Å². The second-order valence-corrected chi connectivity index (χ2v) is 3.97. The van der Waals surface area contributed by atoms with Crippen LogP contribution in [0.15, 0.2) is 42.7 Å². The van der Waals surface area contributed by atoms with Crippen molar-refractivity contribution >= 4 is 10.8 Å². The van der Waals surface area contributed by atoms with Gasteiger partial charge in [0.05, 0.1) is 5.39 Å². The van der Waals surface area contributed by atoms with Crippen molar-refractivity contribution in [2.45, 2.75) is 26.2 Å². The van der Waals surface area contributed by atoms with Crippen LogP contribution in [-0.2, 0) is 0 Å². The molecule has 0 N–H and O–H groups in total. The number of unbranched alkanes of at least 4 members (excludes halogenated alkanes) is 2. The van der Waals surface area contributed by atoms with E-state index in [1.54, 1.807) is 4.73 Å². The van der Waals surface area contributed by atoms with Crippen LogP contribution in [0, 0.1) is 0 Å². The normalized spacial score (nSPS) is 10.6. The zero-order valence-electron chi connectivity index (χ0n) is 9.73. The van der Waals surface area contributed by atoms with Crippen LogP contribution in [0.5, 0.6) is 0 Å². The summed E-state index contributed by atoms with van der Waals surface area (Å²) >= 11 is 0. The highest BCUT2D eigenvalue weighted by Gasteiger charge is 2.03. The maximum atomic E-state index is 5.63. The van der Waals surface area contributed by atoms with Gasteiger partial charge in [0.1, 0.15) is 0 Å². The summed E-state index contributed by atoms with van der Waals surface area (Å²) in [5.74, 6) is 0. The number of benzene rings is 1. The van der Waals surface area contributed by atoms with Crippen LogP contribution in [0.1, 0.15) is 26.2 Å². The molecule has 0 radical (unpaired) electrons. The molecule has 0 saturated heterocycles. The highest BCUT2D eigenvalue weighted by atomic mass is 16.7. The van der Waals surface area contributed by atoms with Crippen molar-refractivity contribution in [3.63, 3.8) is 0 Å². The third kappa shape index (κ3) is 2.72. The first kappa shape index (κ1) is 10.9. The maximum Gasteiger partial charge on any atom is 0.230 e. The molecule has 2 nitrogen and oxygen atoms in total. The van der Waals surface area contributed by atoms with Gasteiger partial charge in [-0.15, -0.1) is 0 Å². The Bertz CT molecular complexity index is 453. The molecule has 0 bridgehead atoms. The summed E-state index contributed by atoms with van der Waals surface area (Å²) in [6.07, 6.45) is 7.58. The van der Waals surface area contributed by atoms with Crippen molar-refractivity contribution in [2.24, 2.45) is 0 Å². The zero-order valence-corrected chi connectivity index (χ0v) is 9.73. The first-order valence-electron chi connectivity index (χ1n) is 5.93. The van der Waals surface area contributed by atoms with Gasteiger partial charge in [-0.05, 0) is 17.9 Å². The minimum atomic E-state index is 0.789. The van der Waals surface area contributed by atoms with Gasteiger partial charge in [-0.2, -0.15) is 0 Å². The van der Waals surface area contributed by atoms with Crippen molar-refractivity contribution in [1.29, 1.82) is 0 Å². The summed E-state index contributed by atoms with van der Waals surface area (Å²) in [4.78, 5) is 5.63. The first-order chi connectivity index (χ1) is 7.90. The third-order valence-corrected chi connectivity index (χ3v) is 2.65. The van der Waals surface area contributed by atoms with E-state index >= 15 is 0 Å². The molecule has 0 spiro atoms. The van der Waals surface area contributed by atoms with E-state index in [-0.39, 0.29) is 0 Å². The van der Waals surface area contributed by atoms with Crippen LogP contribution in [0.4, 0.5) is 0 Å². The van der Waals surface area contributed by atoms with Crippen LogP contribution < -0.4 is 9.57 Å². The topological polar surface area (TPSA) is 13.1 Å². The van der Waals surface area contributed by atoms with Crippen LogP contribution >= 0.6 is 0 Å². The van der Waals surface area contributed by atoms with Crippen molar-refractivity contribution in [2.75, 3.05) is 6.61 Å². The Balaban J connectivity index is 2.02. The number of hydrogen-bond donors (Lipinski definition) is 0. The van der Waals surface area contributed by atoms with Crippen LogP contribution in [0.2, 0.25) is 0 Å². The summed E-state index contributed by atoms with van der Waals surface area (Å²) in [7, 11) is 0. The smallest absolute Gasteiger partial charge is 0.230 e. The molecule has 1 aromatic carbocycles. The van der Waals surface area contributed by atoms with Gasteiger partial charge >= 0.3 is 0 Å². The Morgan fingerprint density at radius 1 is 1.06 bits per heavy atom. The van der Waals surface area contributed by atoms with E-state index < -0.39 is 0 Å². The molecule has 0 unspecified atom stereocenters. The molecular weight excluding hydrogens is 198 g/mol. The lowest BCUT2D eigenvalue weighted by Crippen LogP contribution is -2.42. The van der Waals surface area contributed by atoms with E-state index in [1.165, 1.54) is 23.6 Å². The Labute approximate surface area is 96.4 Å². The summed E-state index contributed by atoms with van der Waals surface area (Å²) in [5, 5.41) is 2.45. The van der Waals surface area contributed by atoms with Crippen LogP contribution in [-0.4, -0.2) is 6.61 Å². The molecule has 0 aliphatic heterocycles. The molecule has 2 rings (SSSR count). The second-order valence-electron chi connectivity index (χ2n) is 3.97. The average Bonchev–Trinajstić information content (AvgIpc) is 2.34. The number of fused-ring (bicyclic) bond motifs is 1. The largest absolute Gasteiger partial charge is 0.271 e. The van der Waals surface area contributed by atoms with Gasteiger partial charge in [0.2, 0.25) is 12.4 Å². The van der Waals surface area contributed by atoms with Crippen LogP contribution in [0.25, 0.3) is 10.8 Å². The molecule has 0 atom stereocenters. The van der Waals surface area contributed by atoms with E-state index in [9.17, 15) is 0 Å². The van der Waals surface area contributed by atoms with Crippen molar-refractivity contribution in [3.05, 3.63) is 42.7 Å². The Morgan fingerprint density at radius 2 is 1.88 bits per heavy atom. The average molecular weight is 216 g/mol. The molecule has 0 amide bonds. The first-order valence-corrected chi connectivity index (χ1v) is 5.93. The fraction of sp³-hybridized carbons (Fsp3) is 0.357. The monoisotopic (exact) mass is 216 g/mol. The Hall–Kier alpha value is -1.57. The predicted molar refractivity (Wildman–Crippen MR) is 65.1 cm³/mol. The number of pyridine rings is 1. The second kappa shape index (κ2) is 5.50.